The molecule has 130 valence electrons. The molecule has 3 heterocycles. The van der Waals surface area contributed by atoms with Gasteiger partial charge in [-0.3, -0.25) is 14.8 Å². The minimum Gasteiger partial charge on any atom is -0.387 e. The highest BCUT2D eigenvalue weighted by molar-refractivity contribution is 5.83. The second kappa shape index (κ2) is 6.84. The summed E-state index contributed by atoms with van der Waals surface area (Å²) in [5.74, 6) is 5.02. The minimum atomic E-state index is -1.34. The Morgan fingerprint density at radius 2 is 2.08 bits per heavy atom. The molecule has 3 rings (SSSR count). The number of imidazole rings is 1. The number of carbonyl (C=O) groups excluding carboxylic acids is 1. The van der Waals surface area contributed by atoms with Gasteiger partial charge in [0.2, 0.25) is 5.95 Å². The molecule has 12 nitrogen and oxygen atoms in total. The standard InChI is InChI=1S/C11H15N7O4.CH3N/c1-3(19)7-5(20)6(21)10(22-7)18-2-14-4-8(12)15-11(17-13)16-9(4)18;1-2/h2,5-7,10,20-21H,13H2,1H3,(H3,12,15,16,17);2H,1H2/t5-,6+,7+,10+;/m0./s1. The van der Waals surface area contributed by atoms with E-state index in [0.717, 1.165) is 0 Å². The molecule has 2 aromatic heterocycles. The lowest BCUT2D eigenvalue weighted by Gasteiger charge is -2.16. The third-order valence-corrected chi connectivity index (χ3v) is 3.49. The number of nitrogens with two attached hydrogens (primary N) is 2. The first-order chi connectivity index (χ1) is 11.4. The van der Waals surface area contributed by atoms with Crippen molar-refractivity contribution in [3.63, 3.8) is 0 Å². The van der Waals surface area contributed by atoms with Gasteiger partial charge in [0.25, 0.3) is 0 Å². The van der Waals surface area contributed by atoms with Gasteiger partial charge < -0.3 is 26.1 Å². The maximum Gasteiger partial charge on any atom is 0.241 e. The number of hydrogen-bond acceptors (Lipinski definition) is 11. The number of carbonyl (C=O) groups is 1. The van der Waals surface area contributed by atoms with Crippen molar-refractivity contribution >= 4 is 35.4 Å². The van der Waals surface area contributed by atoms with Gasteiger partial charge in [-0.25, -0.2) is 10.8 Å². The van der Waals surface area contributed by atoms with Gasteiger partial charge in [-0.2, -0.15) is 9.97 Å². The molecule has 12 heteroatoms. The fraction of sp³-hybridized carbons (Fsp3) is 0.417. The first-order valence-electron chi connectivity index (χ1n) is 6.78. The van der Waals surface area contributed by atoms with Crippen LogP contribution in [0.5, 0.6) is 0 Å². The number of ether oxygens (including phenoxy) is 1. The highest BCUT2D eigenvalue weighted by Crippen LogP contribution is 2.32. The lowest BCUT2D eigenvalue weighted by Crippen LogP contribution is -2.34. The van der Waals surface area contributed by atoms with Crippen LogP contribution in [0.25, 0.3) is 11.2 Å². The van der Waals surface area contributed by atoms with Crippen LogP contribution < -0.4 is 17.0 Å². The summed E-state index contributed by atoms with van der Waals surface area (Å²) in [7, 11) is 0. The Morgan fingerprint density at radius 1 is 1.42 bits per heavy atom. The summed E-state index contributed by atoms with van der Waals surface area (Å²) >= 11 is 0. The highest BCUT2D eigenvalue weighted by Gasteiger charge is 2.46. The van der Waals surface area contributed by atoms with Gasteiger partial charge in [-0.15, -0.1) is 0 Å². The first kappa shape index (κ1) is 17.7. The minimum absolute atomic E-state index is 0.0582. The van der Waals surface area contributed by atoms with Crippen LogP contribution in [-0.2, 0) is 9.53 Å². The number of hydrazine groups is 1. The lowest BCUT2D eigenvalue weighted by atomic mass is 10.1. The molecule has 24 heavy (non-hydrogen) atoms. The second-order valence-corrected chi connectivity index (χ2v) is 4.94. The van der Waals surface area contributed by atoms with Crippen LogP contribution in [0.3, 0.4) is 0 Å². The SMILES string of the molecule is C=N.CC(=O)[C@H]1O[C@@H](n2cnc3c(N)nc(NN)nc32)[C@H](O)[C@@H]1O. The number of aliphatic hydroxyl groups is 2. The third kappa shape index (κ3) is 2.78. The first-order valence-corrected chi connectivity index (χ1v) is 6.78. The van der Waals surface area contributed by atoms with Gasteiger partial charge >= 0.3 is 0 Å². The molecule has 0 aromatic carbocycles. The quantitative estimate of drug-likeness (QED) is 0.210. The van der Waals surface area contributed by atoms with Gasteiger partial charge in [0.05, 0.1) is 6.33 Å². The van der Waals surface area contributed by atoms with Crippen LogP contribution in [0.15, 0.2) is 6.33 Å². The Bertz CT molecular complexity index is 750. The molecule has 1 fully saturated rings. The van der Waals surface area contributed by atoms with Crippen LogP contribution in [0, 0.1) is 5.41 Å². The molecule has 2 aromatic rings. The highest BCUT2D eigenvalue weighted by atomic mass is 16.6. The average molecular weight is 338 g/mol. The van der Waals surface area contributed by atoms with Gasteiger partial charge in [-0.05, 0) is 13.6 Å². The summed E-state index contributed by atoms with van der Waals surface area (Å²) in [5, 5.41) is 25.5. The largest absolute Gasteiger partial charge is 0.387 e. The van der Waals surface area contributed by atoms with Gasteiger partial charge in [-0.1, -0.05) is 0 Å². The van der Waals surface area contributed by atoms with E-state index in [9.17, 15) is 15.0 Å². The van der Waals surface area contributed by atoms with Crippen molar-refractivity contribution < 1.29 is 19.7 Å². The Labute approximate surface area is 135 Å². The number of rotatable bonds is 3. The number of Topliss-reactive ketones (excluding diaryl/α,β-unsaturated/α-hetero) is 1. The van der Waals surface area contributed by atoms with E-state index in [4.69, 9.17) is 21.7 Å². The molecule has 0 bridgehead atoms. The number of hydrogen-bond donors (Lipinski definition) is 6. The molecular formula is C12H18N8O4. The van der Waals surface area contributed by atoms with E-state index in [1.54, 1.807) is 0 Å². The molecule has 0 radical (unpaired) electrons. The summed E-state index contributed by atoms with van der Waals surface area (Å²) in [5.41, 5.74) is 8.56. The van der Waals surface area contributed by atoms with Crippen molar-refractivity contribution in [1.82, 2.24) is 19.5 Å². The molecule has 1 saturated heterocycles. The molecule has 1 aliphatic rings. The number of ketones is 1. The summed E-state index contributed by atoms with van der Waals surface area (Å²) in [6, 6.07) is 0. The predicted molar refractivity (Wildman–Crippen MR) is 84.0 cm³/mol. The van der Waals surface area contributed by atoms with E-state index in [1.807, 2.05) is 0 Å². The van der Waals surface area contributed by atoms with Crippen molar-refractivity contribution in [2.75, 3.05) is 11.2 Å². The van der Waals surface area contributed by atoms with Gasteiger partial charge in [0, 0.05) is 0 Å². The van der Waals surface area contributed by atoms with E-state index in [1.165, 1.54) is 17.8 Å². The maximum atomic E-state index is 11.4. The summed E-state index contributed by atoms with van der Waals surface area (Å²) in [6.45, 7) is 3.77. The van der Waals surface area contributed by atoms with Crippen LogP contribution in [0.2, 0.25) is 0 Å². The molecular weight excluding hydrogens is 320 g/mol. The molecule has 0 saturated carbocycles. The Morgan fingerprint density at radius 3 is 2.62 bits per heavy atom. The lowest BCUT2D eigenvalue weighted by molar-refractivity contribution is -0.133. The fourth-order valence-corrected chi connectivity index (χ4v) is 2.41. The number of nitrogen functional groups attached to an aromatic ring is 2. The zero-order chi connectivity index (χ0) is 18.0. The second-order valence-electron chi connectivity index (χ2n) is 4.94. The number of nitrogens with one attached hydrogen (secondary N) is 2. The zero-order valence-corrected chi connectivity index (χ0v) is 12.7. The number of anilines is 2. The van der Waals surface area contributed by atoms with Crippen LogP contribution >= 0.6 is 0 Å². The Hall–Kier alpha value is -2.67. The normalized spacial score (nSPS) is 26.0. The van der Waals surface area contributed by atoms with Crippen molar-refractivity contribution in [2.45, 2.75) is 31.5 Å². The third-order valence-electron chi connectivity index (χ3n) is 3.49. The number of nitrogens with zero attached hydrogens (tertiary/aromatic N) is 4. The van der Waals surface area contributed by atoms with Crippen molar-refractivity contribution in [3.8, 4) is 0 Å². The summed E-state index contributed by atoms with van der Waals surface area (Å²) in [6.07, 6.45) is -3.49. The average Bonchev–Trinajstić information content (AvgIpc) is 3.12. The molecule has 0 aliphatic carbocycles. The van der Waals surface area contributed by atoms with Crippen molar-refractivity contribution in [1.29, 1.82) is 5.41 Å². The van der Waals surface area contributed by atoms with Gasteiger partial charge in [0.15, 0.2) is 23.5 Å². The van der Waals surface area contributed by atoms with Gasteiger partial charge in [0.1, 0.15) is 23.8 Å². The molecule has 4 atom stereocenters. The van der Waals surface area contributed by atoms with Crippen molar-refractivity contribution in [3.05, 3.63) is 6.33 Å². The molecule has 1 aliphatic heterocycles. The van der Waals surface area contributed by atoms with Crippen LogP contribution in [-0.4, -0.2) is 60.5 Å². The van der Waals surface area contributed by atoms with E-state index in [-0.39, 0.29) is 22.9 Å². The molecule has 0 amide bonds. The molecule has 0 spiro atoms. The number of aromatic nitrogens is 4. The van der Waals surface area contributed by atoms with Crippen LogP contribution in [0.4, 0.5) is 11.8 Å². The summed E-state index contributed by atoms with van der Waals surface area (Å²) < 4.78 is 6.80. The smallest absolute Gasteiger partial charge is 0.241 e. The number of aliphatic hydroxyl groups excluding tert-OH is 2. The fourth-order valence-electron chi connectivity index (χ4n) is 2.41. The Kier molecular flexibility index (Phi) is 5.04. The topological polar surface area (TPSA) is 198 Å². The molecule has 0 unspecified atom stereocenters. The predicted octanol–water partition coefficient (Wildman–Crippen LogP) is -1.83. The van der Waals surface area contributed by atoms with Crippen molar-refractivity contribution in [2.24, 2.45) is 5.84 Å². The van der Waals surface area contributed by atoms with E-state index >= 15 is 0 Å². The maximum absolute atomic E-state index is 11.4. The number of fused-ring (bicyclic) bond motifs is 1. The molecule has 8 N–H and O–H groups in total. The monoisotopic (exact) mass is 338 g/mol. The van der Waals surface area contributed by atoms with E-state index in [2.05, 4.69) is 27.1 Å². The summed E-state index contributed by atoms with van der Waals surface area (Å²) in [4.78, 5) is 23.5. The Balaban J connectivity index is 0.00000100. The van der Waals surface area contributed by atoms with Crippen LogP contribution in [0.1, 0.15) is 13.2 Å². The zero-order valence-electron chi connectivity index (χ0n) is 12.7. The van der Waals surface area contributed by atoms with E-state index < -0.39 is 30.3 Å². The van der Waals surface area contributed by atoms with E-state index in [0.29, 0.717) is 0 Å².